The van der Waals surface area contributed by atoms with Crippen LogP contribution in [0.25, 0.3) is 0 Å². The van der Waals surface area contributed by atoms with Crippen molar-refractivity contribution in [3.63, 3.8) is 0 Å². The molecule has 0 spiro atoms. The molecule has 0 saturated carbocycles. The molecular weight excluding hydrogens is 284 g/mol. The second-order valence-corrected chi connectivity index (χ2v) is 6.37. The van der Waals surface area contributed by atoms with Crippen LogP contribution in [0.3, 0.4) is 0 Å². The summed E-state index contributed by atoms with van der Waals surface area (Å²) in [6, 6.07) is 1.95. The standard InChI is InChI=1S/C15H20N4OS/c1-11-9-13(12(2)17-11)14(20)10-18-4-6-19(7-5-18)15-16-3-8-21-15/h3,8-9,17H,4-7,10H2,1-2H3. The molecule has 0 bridgehead atoms. The van der Waals surface area contributed by atoms with Gasteiger partial charge in [-0.2, -0.15) is 0 Å². The largest absolute Gasteiger partial charge is 0.362 e. The number of piperazine rings is 1. The highest BCUT2D eigenvalue weighted by atomic mass is 32.1. The van der Waals surface area contributed by atoms with Gasteiger partial charge < -0.3 is 9.88 Å². The van der Waals surface area contributed by atoms with E-state index in [1.54, 1.807) is 11.3 Å². The van der Waals surface area contributed by atoms with E-state index in [-0.39, 0.29) is 5.78 Å². The highest BCUT2D eigenvalue weighted by Gasteiger charge is 2.21. The molecule has 1 fully saturated rings. The maximum atomic E-state index is 12.4. The number of aryl methyl sites for hydroxylation is 2. The molecule has 112 valence electrons. The van der Waals surface area contributed by atoms with Crippen LogP contribution in [0.5, 0.6) is 0 Å². The molecule has 0 aliphatic carbocycles. The van der Waals surface area contributed by atoms with Gasteiger partial charge in [-0.1, -0.05) is 0 Å². The zero-order valence-corrected chi connectivity index (χ0v) is 13.2. The van der Waals surface area contributed by atoms with Crippen molar-refractivity contribution in [1.82, 2.24) is 14.9 Å². The van der Waals surface area contributed by atoms with Crippen molar-refractivity contribution in [2.45, 2.75) is 13.8 Å². The van der Waals surface area contributed by atoms with Crippen molar-refractivity contribution in [2.24, 2.45) is 0 Å². The first-order valence-corrected chi connectivity index (χ1v) is 8.07. The summed E-state index contributed by atoms with van der Waals surface area (Å²) >= 11 is 1.67. The molecule has 0 aromatic carbocycles. The number of nitrogens with one attached hydrogen (secondary N) is 1. The fourth-order valence-electron chi connectivity index (χ4n) is 2.77. The Labute approximate surface area is 128 Å². The summed E-state index contributed by atoms with van der Waals surface area (Å²) in [6.45, 7) is 8.14. The normalized spacial score (nSPS) is 16.4. The monoisotopic (exact) mass is 304 g/mol. The van der Waals surface area contributed by atoms with Gasteiger partial charge >= 0.3 is 0 Å². The number of anilines is 1. The molecular formula is C15H20N4OS. The summed E-state index contributed by atoms with van der Waals surface area (Å²) in [4.78, 5) is 24.4. The molecule has 1 aliphatic rings. The average Bonchev–Trinajstić information content (AvgIpc) is 3.09. The van der Waals surface area contributed by atoms with Gasteiger partial charge in [0.05, 0.1) is 6.54 Å². The second kappa shape index (κ2) is 5.99. The molecule has 0 unspecified atom stereocenters. The van der Waals surface area contributed by atoms with Crippen LogP contribution in [-0.4, -0.2) is 53.4 Å². The van der Waals surface area contributed by atoms with Gasteiger partial charge in [-0.3, -0.25) is 9.69 Å². The van der Waals surface area contributed by atoms with Crippen LogP contribution in [0.4, 0.5) is 5.13 Å². The van der Waals surface area contributed by atoms with Gasteiger partial charge in [0, 0.05) is 54.7 Å². The number of carbonyl (C=O) groups is 1. The highest BCUT2D eigenvalue weighted by Crippen LogP contribution is 2.19. The summed E-state index contributed by atoms with van der Waals surface area (Å²) in [6.07, 6.45) is 1.84. The molecule has 21 heavy (non-hydrogen) atoms. The summed E-state index contributed by atoms with van der Waals surface area (Å²) in [5, 5.41) is 3.08. The van der Waals surface area contributed by atoms with Crippen molar-refractivity contribution in [3.8, 4) is 0 Å². The van der Waals surface area contributed by atoms with E-state index in [4.69, 9.17) is 0 Å². The van der Waals surface area contributed by atoms with Gasteiger partial charge in [0.15, 0.2) is 10.9 Å². The number of carbonyl (C=O) groups excluding carboxylic acids is 1. The number of aromatic nitrogens is 2. The van der Waals surface area contributed by atoms with E-state index in [9.17, 15) is 4.79 Å². The summed E-state index contributed by atoms with van der Waals surface area (Å²) in [7, 11) is 0. The third-order valence-electron chi connectivity index (χ3n) is 3.88. The lowest BCUT2D eigenvalue weighted by molar-refractivity contribution is 0.0926. The predicted octanol–water partition coefficient (Wildman–Crippen LogP) is 2.09. The minimum Gasteiger partial charge on any atom is -0.362 e. The fraction of sp³-hybridized carbons (Fsp3) is 0.467. The molecule has 2 aromatic heterocycles. The number of ketones is 1. The molecule has 0 radical (unpaired) electrons. The van der Waals surface area contributed by atoms with Crippen LogP contribution in [0.1, 0.15) is 21.7 Å². The van der Waals surface area contributed by atoms with Gasteiger partial charge in [0.2, 0.25) is 0 Å². The minimum atomic E-state index is 0.208. The van der Waals surface area contributed by atoms with E-state index in [0.717, 1.165) is 48.3 Å². The van der Waals surface area contributed by atoms with Gasteiger partial charge in [0.1, 0.15) is 0 Å². The van der Waals surface area contributed by atoms with Crippen molar-refractivity contribution in [1.29, 1.82) is 0 Å². The van der Waals surface area contributed by atoms with Gasteiger partial charge in [-0.25, -0.2) is 4.98 Å². The molecule has 2 aromatic rings. The molecule has 3 heterocycles. The van der Waals surface area contributed by atoms with Crippen molar-refractivity contribution in [2.75, 3.05) is 37.6 Å². The Balaban J connectivity index is 1.56. The molecule has 1 N–H and O–H groups in total. The van der Waals surface area contributed by atoms with Crippen LogP contribution in [0, 0.1) is 13.8 Å². The topological polar surface area (TPSA) is 52.2 Å². The third-order valence-corrected chi connectivity index (χ3v) is 4.71. The Morgan fingerprint density at radius 3 is 2.67 bits per heavy atom. The van der Waals surface area contributed by atoms with Crippen molar-refractivity contribution < 1.29 is 4.79 Å². The Morgan fingerprint density at radius 1 is 1.33 bits per heavy atom. The molecule has 1 saturated heterocycles. The molecule has 0 atom stereocenters. The molecule has 3 rings (SSSR count). The quantitative estimate of drug-likeness (QED) is 0.879. The van der Waals surface area contributed by atoms with E-state index < -0.39 is 0 Å². The van der Waals surface area contributed by atoms with E-state index in [2.05, 4.69) is 19.8 Å². The predicted molar refractivity (Wildman–Crippen MR) is 85.4 cm³/mol. The van der Waals surface area contributed by atoms with Crippen LogP contribution in [0.15, 0.2) is 17.6 Å². The maximum Gasteiger partial charge on any atom is 0.185 e. The van der Waals surface area contributed by atoms with Crippen molar-refractivity contribution in [3.05, 3.63) is 34.6 Å². The van der Waals surface area contributed by atoms with Crippen LogP contribution >= 0.6 is 11.3 Å². The first kappa shape index (κ1) is 14.3. The Bertz CT molecular complexity index is 612. The van der Waals surface area contributed by atoms with Crippen LogP contribution in [0.2, 0.25) is 0 Å². The van der Waals surface area contributed by atoms with Crippen LogP contribution in [-0.2, 0) is 0 Å². The highest BCUT2D eigenvalue weighted by molar-refractivity contribution is 7.13. The number of Topliss-reactive ketones (excluding diaryl/α,β-unsaturated/α-hetero) is 1. The summed E-state index contributed by atoms with van der Waals surface area (Å²) < 4.78 is 0. The maximum absolute atomic E-state index is 12.4. The fourth-order valence-corrected chi connectivity index (χ4v) is 3.47. The average molecular weight is 304 g/mol. The number of H-pyrrole nitrogens is 1. The van der Waals surface area contributed by atoms with Crippen molar-refractivity contribution >= 4 is 22.3 Å². The zero-order valence-electron chi connectivity index (χ0n) is 12.4. The number of hydrogen-bond acceptors (Lipinski definition) is 5. The zero-order chi connectivity index (χ0) is 14.8. The lowest BCUT2D eigenvalue weighted by atomic mass is 10.1. The lowest BCUT2D eigenvalue weighted by Crippen LogP contribution is -2.48. The van der Waals surface area contributed by atoms with Crippen LogP contribution < -0.4 is 4.90 Å². The third kappa shape index (κ3) is 3.16. The number of aromatic amines is 1. The molecule has 0 amide bonds. The number of hydrogen-bond donors (Lipinski definition) is 1. The summed E-state index contributed by atoms with van der Waals surface area (Å²) in [5.74, 6) is 0.208. The van der Waals surface area contributed by atoms with E-state index in [1.807, 2.05) is 31.5 Å². The van der Waals surface area contributed by atoms with E-state index in [1.165, 1.54) is 0 Å². The van der Waals surface area contributed by atoms with Gasteiger partial charge in [-0.15, -0.1) is 11.3 Å². The number of rotatable bonds is 4. The smallest absolute Gasteiger partial charge is 0.185 e. The van der Waals surface area contributed by atoms with Gasteiger partial charge in [-0.05, 0) is 19.9 Å². The minimum absolute atomic E-state index is 0.208. The Kier molecular flexibility index (Phi) is 4.07. The van der Waals surface area contributed by atoms with Gasteiger partial charge in [0.25, 0.3) is 0 Å². The molecule has 5 nitrogen and oxygen atoms in total. The van der Waals surface area contributed by atoms with E-state index >= 15 is 0 Å². The first-order chi connectivity index (χ1) is 10.1. The number of nitrogens with zero attached hydrogens (tertiary/aromatic N) is 3. The Morgan fingerprint density at radius 2 is 2.10 bits per heavy atom. The number of thiazole rings is 1. The first-order valence-electron chi connectivity index (χ1n) is 7.19. The molecule has 6 heteroatoms. The second-order valence-electron chi connectivity index (χ2n) is 5.49. The van der Waals surface area contributed by atoms with E-state index in [0.29, 0.717) is 6.54 Å². The summed E-state index contributed by atoms with van der Waals surface area (Å²) in [5.41, 5.74) is 2.85. The molecule has 1 aliphatic heterocycles. The SMILES string of the molecule is Cc1cc(C(=O)CN2CCN(c3nccs3)CC2)c(C)[nH]1. The Hall–Kier alpha value is -1.66. The lowest BCUT2D eigenvalue weighted by Gasteiger charge is -2.34.